The molecule has 8 nitrogen and oxygen atoms in total. The second-order valence-electron chi connectivity index (χ2n) is 5.27. The van der Waals surface area contributed by atoms with Gasteiger partial charge in [-0.1, -0.05) is 0 Å². The number of benzene rings is 2. The predicted octanol–water partition coefficient (Wildman–Crippen LogP) is 4.01. The zero-order valence-corrected chi connectivity index (χ0v) is 14.9. The van der Waals surface area contributed by atoms with Crippen LogP contribution in [0.2, 0.25) is 0 Å². The summed E-state index contributed by atoms with van der Waals surface area (Å²) < 4.78 is 5.31. The molecule has 1 heterocycles. The highest BCUT2D eigenvalue weighted by Gasteiger charge is 2.18. The number of phenolic OH excluding ortho intramolecular Hbond substituents is 1. The summed E-state index contributed by atoms with van der Waals surface area (Å²) in [4.78, 5) is 17.7. The van der Waals surface area contributed by atoms with Gasteiger partial charge >= 0.3 is 5.69 Å². The van der Waals surface area contributed by atoms with Crippen LogP contribution in [0.15, 0.2) is 34.8 Å². The summed E-state index contributed by atoms with van der Waals surface area (Å²) in [7, 11) is 1.55. The highest BCUT2D eigenvalue weighted by molar-refractivity contribution is 9.10. The van der Waals surface area contributed by atoms with Crippen LogP contribution in [0, 0.1) is 21.4 Å². The van der Waals surface area contributed by atoms with Gasteiger partial charge in [-0.15, -0.1) is 0 Å². The number of nitrogens with zero attached hydrogens (tertiary/aromatic N) is 3. The molecule has 0 aliphatic heterocycles. The standard InChI is InChI=1S/C17H11BrN4O4/c1-26-11-2-3-13-14(7-11)21-17(20-13)10(8-19)4-9-5-12(18)16(23)15(6-9)22(24)25/h2-7,23H,1H3,(H,20,21)/b10-4-. The molecule has 1 aromatic heterocycles. The normalized spacial score (nSPS) is 11.3. The van der Waals surface area contributed by atoms with Crippen molar-refractivity contribution >= 4 is 44.3 Å². The Morgan fingerprint density at radius 2 is 2.23 bits per heavy atom. The molecule has 0 spiro atoms. The lowest BCUT2D eigenvalue weighted by Gasteiger charge is -2.02. The molecule has 0 amide bonds. The maximum Gasteiger partial charge on any atom is 0.312 e. The van der Waals surface area contributed by atoms with Crippen LogP contribution in [-0.4, -0.2) is 27.1 Å². The van der Waals surface area contributed by atoms with Crippen molar-refractivity contribution in [3.8, 4) is 17.6 Å². The topological polar surface area (TPSA) is 125 Å². The van der Waals surface area contributed by atoms with Gasteiger partial charge in [-0.25, -0.2) is 4.98 Å². The van der Waals surface area contributed by atoms with E-state index in [0.29, 0.717) is 28.2 Å². The minimum atomic E-state index is -0.697. The number of aromatic nitrogens is 2. The number of allylic oxidation sites excluding steroid dienone is 1. The molecule has 0 saturated heterocycles. The number of phenols is 1. The molecule has 2 N–H and O–H groups in total. The number of fused-ring (bicyclic) bond motifs is 1. The molecule has 3 rings (SSSR count). The molecule has 0 aliphatic carbocycles. The number of rotatable bonds is 4. The Balaban J connectivity index is 2.09. The molecular weight excluding hydrogens is 404 g/mol. The molecule has 0 fully saturated rings. The molecule has 0 atom stereocenters. The van der Waals surface area contributed by atoms with Crippen LogP contribution >= 0.6 is 15.9 Å². The first-order valence-corrected chi connectivity index (χ1v) is 8.05. The Morgan fingerprint density at radius 3 is 2.88 bits per heavy atom. The number of nitro groups is 1. The van der Waals surface area contributed by atoms with Gasteiger partial charge in [0.05, 0.1) is 33.1 Å². The van der Waals surface area contributed by atoms with Gasteiger partial charge in [0.1, 0.15) is 17.6 Å². The lowest BCUT2D eigenvalue weighted by molar-refractivity contribution is -0.386. The third kappa shape index (κ3) is 3.22. The Bertz CT molecular complexity index is 1100. The van der Waals surface area contributed by atoms with Gasteiger partial charge in [0.2, 0.25) is 5.75 Å². The van der Waals surface area contributed by atoms with Crippen molar-refractivity contribution in [2.24, 2.45) is 0 Å². The summed E-state index contributed by atoms with van der Waals surface area (Å²) in [5, 5.41) is 30.2. The number of aromatic hydroxyl groups is 1. The molecular formula is C17H11BrN4O4. The van der Waals surface area contributed by atoms with E-state index in [2.05, 4.69) is 25.9 Å². The molecule has 2 aromatic carbocycles. The highest BCUT2D eigenvalue weighted by atomic mass is 79.9. The Labute approximate surface area is 155 Å². The van der Waals surface area contributed by atoms with Gasteiger partial charge in [-0.2, -0.15) is 5.26 Å². The summed E-state index contributed by atoms with van der Waals surface area (Å²) >= 11 is 3.07. The molecule has 0 bridgehead atoms. The molecule has 9 heteroatoms. The summed E-state index contributed by atoms with van der Waals surface area (Å²) in [6.45, 7) is 0. The SMILES string of the molecule is COc1ccc2nc(/C(C#N)=C\c3cc(Br)c(O)c([N+](=O)[O-])c3)[nH]c2c1. The van der Waals surface area contributed by atoms with Gasteiger partial charge in [-0.3, -0.25) is 10.1 Å². The smallest absolute Gasteiger partial charge is 0.312 e. The van der Waals surface area contributed by atoms with E-state index in [-0.39, 0.29) is 10.0 Å². The average Bonchev–Trinajstić information content (AvgIpc) is 3.04. The fourth-order valence-corrected chi connectivity index (χ4v) is 2.86. The van der Waals surface area contributed by atoms with E-state index in [9.17, 15) is 20.5 Å². The quantitative estimate of drug-likeness (QED) is 0.377. The molecule has 130 valence electrons. The lowest BCUT2D eigenvalue weighted by Crippen LogP contribution is -1.91. The number of aromatic amines is 1. The molecule has 0 saturated carbocycles. The van der Waals surface area contributed by atoms with E-state index in [1.165, 1.54) is 18.2 Å². The summed E-state index contributed by atoms with van der Waals surface area (Å²) in [6.07, 6.45) is 1.45. The van der Waals surface area contributed by atoms with E-state index >= 15 is 0 Å². The van der Waals surface area contributed by atoms with E-state index in [1.807, 2.05) is 6.07 Å². The second kappa shape index (κ2) is 6.85. The lowest BCUT2D eigenvalue weighted by atomic mass is 10.1. The number of nitrogens with one attached hydrogen (secondary N) is 1. The minimum Gasteiger partial charge on any atom is -0.501 e. The van der Waals surface area contributed by atoms with Gasteiger partial charge in [0.25, 0.3) is 0 Å². The number of nitriles is 1. The van der Waals surface area contributed by atoms with Gasteiger partial charge < -0.3 is 14.8 Å². The largest absolute Gasteiger partial charge is 0.501 e. The van der Waals surface area contributed by atoms with Gasteiger partial charge in [0.15, 0.2) is 0 Å². The monoisotopic (exact) mass is 414 g/mol. The molecule has 26 heavy (non-hydrogen) atoms. The number of imidazole rings is 1. The molecule has 0 aliphatic rings. The Morgan fingerprint density at radius 1 is 1.46 bits per heavy atom. The van der Waals surface area contributed by atoms with Crippen LogP contribution in [0.1, 0.15) is 11.4 Å². The number of nitro benzene ring substituents is 1. The first-order chi connectivity index (χ1) is 12.4. The van der Waals surface area contributed by atoms with E-state index in [0.717, 1.165) is 0 Å². The fraction of sp³-hybridized carbons (Fsp3) is 0.0588. The first-order valence-electron chi connectivity index (χ1n) is 7.25. The maximum atomic E-state index is 11.0. The van der Waals surface area contributed by atoms with Crippen molar-refractivity contribution in [3.63, 3.8) is 0 Å². The number of ether oxygens (including phenoxy) is 1. The zero-order valence-electron chi connectivity index (χ0n) is 13.4. The summed E-state index contributed by atoms with van der Waals surface area (Å²) in [6, 6.07) is 9.95. The molecule has 0 radical (unpaired) electrons. The average molecular weight is 415 g/mol. The van der Waals surface area contributed by atoms with Crippen molar-refractivity contribution in [2.45, 2.75) is 0 Å². The number of hydrogen-bond acceptors (Lipinski definition) is 6. The second-order valence-corrected chi connectivity index (χ2v) is 6.12. The number of halogens is 1. The Kier molecular flexibility index (Phi) is 4.60. The van der Waals surface area contributed by atoms with Crippen molar-refractivity contribution in [3.05, 3.63) is 56.3 Å². The van der Waals surface area contributed by atoms with E-state index in [4.69, 9.17) is 4.74 Å². The number of H-pyrrole nitrogens is 1. The van der Waals surface area contributed by atoms with Crippen molar-refractivity contribution < 1.29 is 14.8 Å². The van der Waals surface area contributed by atoms with Gasteiger partial charge in [0, 0.05) is 12.1 Å². The third-order valence-corrected chi connectivity index (χ3v) is 4.24. The first kappa shape index (κ1) is 17.4. The third-order valence-electron chi connectivity index (χ3n) is 3.64. The van der Waals surface area contributed by atoms with Crippen LogP contribution < -0.4 is 4.74 Å². The fourth-order valence-electron chi connectivity index (χ4n) is 2.39. The van der Waals surface area contributed by atoms with Gasteiger partial charge in [-0.05, 0) is 45.8 Å². The van der Waals surface area contributed by atoms with E-state index < -0.39 is 16.4 Å². The van der Waals surface area contributed by atoms with Crippen molar-refractivity contribution in [2.75, 3.05) is 7.11 Å². The predicted molar refractivity (Wildman–Crippen MR) is 98.6 cm³/mol. The van der Waals surface area contributed by atoms with E-state index in [1.54, 1.807) is 25.3 Å². The highest BCUT2D eigenvalue weighted by Crippen LogP contribution is 2.36. The zero-order chi connectivity index (χ0) is 18.8. The number of hydrogen-bond donors (Lipinski definition) is 2. The minimum absolute atomic E-state index is 0.157. The summed E-state index contributed by atoms with van der Waals surface area (Å²) in [5.74, 6) is 0.498. The maximum absolute atomic E-state index is 11.0. The van der Waals surface area contributed by atoms with Crippen LogP contribution in [0.4, 0.5) is 5.69 Å². The van der Waals surface area contributed by atoms with Crippen LogP contribution in [0.5, 0.6) is 11.5 Å². The van der Waals surface area contributed by atoms with Crippen molar-refractivity contribution in [1.29, 1.82) is 5.26 Å². The molecule has 3 aromatic rings. The molecule has 0 unspecified atom stereocenters. The van der Waals surface area contributed by atoms with Crippen molar-refractivity contribution in [1.82, 2.24) is 9.97 Å². The Hall–Kier alpha value is -3.38. The van der Waals surface area contributed by atoms with Crippen LogP contribution in [0.3, 0.4) is 0 Å². The van der Waals surface area contributed by atoms with Crippen LogP contribution in [0.25, 0.3) is 22.7 Å². The van der Waals surface area contributed by atoms with Crippen LogP contribution in [-0.2, 0) is 0 Å². The summed E-state index contributed by atoms with van der Waals surface area (Å²) in [5.41, 5.74) is 1.44. The number of methoxy groups -OCH3 is 1.